The van der Waals surface area contributed by atoms with E-state index in [1.54, 1.807) is 10.7 Å². The number of carbonyl (C=O) groups is 1. The lowest BCUT2D eigenvalue weighted by atomic mass is 9.95. The van der Waals surface area contributed by atoms with Gasteiger partial charge in [-0.05, 0) is 37.8 Å². The van der Waals surface area contributed by atoms with Crippen molar-refractivity contribution in [3.63, 3.8) is 0 Å². The first-order chi connectivity index (χ1) is 15.1. The Bertz CT molecular complexity index is 944. The second-order valence-electron chi connectivity index (χ2n) is 9.96. The quantitative estimate of drug-likeness (QED) is 0.421. The van der Waals surface area contributed by atoms with Crippen molar-refractivity contribution in [1.29, 1.82) is 0 Å². The average molecular weight is 463 g/mol. The Hall–Kier alpha value is -2.26. The van der Waals surface area contributed by atoms with Crippen LogP contribution < -0.4 is 4.74 Å². The van der Waals surface area contributed by atoms with Crippen molar-refractivity contribution in [2.24, 2.45) is 5.92 Å². The van der Waals surface area contributed by atoms with Crippen LogP contribution in [0.25, 0.3) is 11.3 Å². The summed E-state index contributed by atoms with van der Waals surface area (Å²) in [6.07, 6.45) is 3.20. The van der Waals surface area contributed by atoms with E-state index in [0.29, 0.717) is 36.3 Å². The third-order valence-corrected chi connectivity index (χ3v) is 7.61. The van der Waals surface area contributed by atoms with Gasteiger partial charge in [0, 0.05) is 38.9 Å². The zero-order valence-corrected chi connectivity index (χ0v) is 21.0. The molecule has 2 aromatic heterocycles. The first kappa shape index (κ1) is 24.4. The van der Waals surface area contributed by atoms with E-state index in [0.717, 1.165) is 25.1 Å². The predicted molar refractivity (Wildman–Crippen MR) is 125 cm³/mol. The van der Waals surface area contributed by atoms with Gasteiger partial charge in [-0.15, -0.1) is 0 Å². The molecule has 3 rings (SSSR count). The smallest absolute Gasteiger partial charge is 0.274 e. The van der Waals surface area contributed by atoms with Crippen LogP contribution in [0.1, 0.15) is 37.2 Å². The van der Waals surface area contributed by atoms with Crippen molar-refractivity contribution in [3.05, 3.63) is 29.8 Å². The van der Waals surface area contributed by atoms with Gasteiger partial charge < -0.3 is 14.4 Å². The molecule has 1 amide bonds. The first-order valence-corrected chi connectivity index (χ1v) is 15.0. The third kappa shape index (κ3) is 5.95. The fourth-order valence-corrected chi connectivity index (χ4v) is 4.57. The molecular weight excluding hydrogens is 427 g/mol. The molecule has 32 heavy (non-hydrogen) atoms. The Morgan fingerprint density at radius 1 is 1.25 bits per heavy atom. The van der Waals surface area contributed by atoms with Gasteiger partial charge in [0.05, 0.1) is 19.0 Å². The summed E-state index contributed by atoms with van der Waals surface area (Å²) in [7, 11) is 0.237. The van der Waals surface area contributed by atoms with Crippen LogP contribution in [-0.4, -0.2) is 59.9 Å². The second kappa shape index (κ2) is 10.1. The van der Waals surface area contributed by atoms with E-state index < -0.39 is 13.9 Å². The van der Waals surface area contributed by atoms with Gasteiger partial charge in [-0.2, -0.15) is 5.10 Å². The minimum atomic E-state index is -1.24. The van der Waals surface area contributed by atoms with E-state index in [1.165, 1.54) is 13.2 Å². The highest BCUT2D eigenvalue weighted by atomic mass is 28.3. The Balaban J connectivity index is 1.91. The van der Waals surface area contributed by atoms with Crippen LogP contribution in [0.4, 0.5) is 4.39 Å². The van der Waals surface area contributed by atoms with E-state index in [2.05, 4.69) is 43.6 Å². The molecule has 0 spiro atoms. The van der Waals surface area contributed by atoms with Gasteiger partial charge in [0.15, 0.2) is 11.5 Å². The predicted octanol–water partition coefficient (Wildman–Crippen LogP) is 4.67. The molecule has 3 heterocycles. The largest absolute Gasteiger partial charge is 0.481 e. The van der Waals surface area contributed by atoms with Crippen LogP contribution in [-0.2, 0) is 11.5 Å². The van der Waals surface area contributed by atoms with E-state index in [9.17, 15) is 9.18 Å². The van der Waals surface area contributed by atoms with E-state index in [1.807, 2.05) is 4.90 Å². The molecule has 2 aromatic rings. The number of amides is 1. The molecule has 9 heteroatoms. The molecule has 0 saturated carbocycles. The number of nitrogens with zero attached hydrogens (tertiary/aromatic N) is 4. The number of likely N-dealkylation sites (tertiary alicyclic amines) is 1. The molecule has 0 radical (unpaired) electrons. The fraction of sp³-hybridized carbons (Fsp3) is 0.609. The third-order valence-electron chi connectivity index (χ3n) is 5.90. The summed E-state index contributed by atoms with van der Waals surface area (Å²) < 4.78 is 27.3. The number of halogens is 1. The summed E-state index contributed by atoms with van der Waals surface area (Å²) in [5, 5.41) is 4.54. The zero-order chi connectivity index (χ0) is 23.5. The normalized spacial score (nSPS) is 19.3. The molecule has 176 valence electrons. The van der Waals surface area contributed by atoms with Gasteiger partial charge in [0.1, 0.15) is 6.73 Å². The second-order valence-corrected chi connectivity index (χ2v) is 15.6. The summed E-state index contributed by atoms with van der Waals surface area (Å²) in [5.74, 6) is 0.101. The topological polar surface area (TPSA) is 69.5 Å². The Morgan fingerprint density at radius 2 is 2.00 bits per heavy atom. The molecule has 0 bridgehead atoms. The zero-order valence-electron chi connectivity index (χ0n) is 20.0. The number of methoxy groups -OCH3 is 1. The average Bonchev–Trinajstić information content (AvgIpc) is 3.16. The van der Waals surface area contributed by atoms with Crippen molar-refractivity contribution in [3.8, 4) is 17.1 Å². The Labute approximate surface area is 190 Å². The Morgan fingerprint density at radius 3 is 2.69 bits per heavy atom. The van der Waals surface area contributed by atoms with Crippen molar-refractivity contribution in [2.75, 3.05) is 20.3 Å². The number of hydrogen-bond acceptors (Lipinski definition) is 5. The number of aromatic nitrogens is 3. The highest BCUT2D eigenvalue weighted by Crippen LogP contribution is 2.28. The molecule has 1 fully saturated rings. The van der Waals surface area contributed by atoms with Crippen LogP contribution in [0.2, 0.25) is 25.7 Å². The lowest BCUT2D eigenvalue weighted by molar-refractivity contribution is 0.0559. The van der Waals surface area contributed by atoms with Crippen LogP contribution >= 0.6 is 0 Å². The molecule has 1 aliphatic heterocycles. The van der Waals surface area contributed by atoms with Crippen LogP contribution in [0.15, 0.2) is 18.3 Å². The summed E-state index contributed by atoms with van der Waals surface area (Å²) >= 11 is 0. The number of hydrogen-bond donors (Lipinski definition) is 0. The van der Waals surface area contributed by atoms with Crippen LogP contribution in [0, 0.1) is 11.7 Å². The molecule has 0 aliphatic carbocycles. The van der Waals surface area contributed by atoms with Crippen molar-refractivity contribution in [2.45, 2.75) is 65.1 Å². The van der Waals surface area contributed by atoms with E-state index >= 15 is 0 Å². The maximum atomic E-state index is 14.7. The van der Waals surface area contributed by atoms with E-state index in [-0.39, 0.29) is 24.2 Å². The molecule has 2 unspecified atom stereocenters. The highest BCUT2D eigenvalue weighted by molar-refractivity contribution is 6.76. The maximum Gasteiger partial charge on any atom is 0.274 e. The highest BCUT2D eigenvalue weighted by Gasteiger charge is 2.30. The lowest BCUT2D eigenvalue weighted by Crippen LogP contribution is -2.45. The molecule has 7 nitrogen and oxygen atoms in total. The summed E-state index contributed by atoms with van der Waals surface area (Å²) in [6, 6.07) is 4.33. The summed E-state index contributed by atoms with van der Waals surface area (Å²) in [6.45, 7) is 12.5. The number of carbonyl (C=O) groups excluding carboxylic acids is 1. The minimum absolute atomic E-state index is 0.132. The lowest BCUT2D eigenvalue weighted by Gasteiger charge is -2.36. The Kier molecular flexibility index (Phi) is 7.71. The SMILES string of the molecule is COc1cc(-c2cc(C(=O)N3CC(C)CCC3C)nn2COCC[Si](C)(C)C)c(F)cn1. The molecule has 2 atom stereocenters. The maximum absolute atomic E-state index is 14.7. The molecule has 0 aromatic carbocycles. The van der Waals surface area contributed by atoms with E-state index in [4.69, 9.17) is 9.47 Å². The van der Waals surface area contributed by atoms with Gasteiger partial charge in [-0.3, -0.25) is 4.79 Å². The number of rotatable bonds is 8. The molecular formula is C23H35FN4O3Si. The van der Waals surface area contributed by atoms with Crippen molar-refractivity contribution >= 4 is 14.0 Å². The van der Waals surface area contributed by atoms with Gasteiger partial charge in [0.25, 0.3) is 5.91 Å². The fourth-order valence-electron chi connectivity index (χ4n) is 3.81. The summed E-state index contributed by atoms with van der Waals surface area (Å²) in [4.78, 5) is 19.1. The van der Waals surface area contributed by atoms with Crippen LogP contribution in [0.3, 0.4) is 0 Å². The standard InChI is InChI=1S/C23H35FN4O3Si/c1-16-7-8-17(2)27(14-16)23(29)20-12-21(18-11-22(30-3)25-13-19(18)24)28(26-20)15-31-9-10-32(4,5)6/h11-13,16-17H,7-10,14-15H2,1-6H3. The number of piperidine rings is 1. The number of ether oxygens (including phenoxy) is 2. The van der Waals surface area contributed by atoms with Crippen LogP contribution in [0.5, 0.6) is 5.88 Å². The van der Waals surface area contributed by atoms with Gasteiger partial charge in [0.2, 0.25) is 5.88 Å². The van der Waals surface area contributed by atoms with Gasteiger partial charge in [-0.25, -0.2) is 14.1 Å². The minimum Gasteiger partial charge on any atom is -0.481 e. The van der Waals surface area contributed by atoms with Crippen molar-refractivity contribution in [1.82, 2.24) is 19.7 Å². The summed E-state index contributed by atoms with van der Waals surface area (Å²) in [5.41, 5.74) is 1.04. The van der Waals surface area contributed by atoms with Gasteiger partial charge in [-0.1, -0.05) is 26.6 Å². The van der Waals surface area contributed by atoms with Crippen molar-refractivity contribution < 1.29 is 18.7 Å². The molecule has 1 aliphatic rings. The van der Waals surface area contributed by atoms with Gasteiger partial charge >= 0.3 is 0 Å². The monoisotopic (exact) mass is 462 g/mol. The first-order valence-electron chi connectivity index (χ1n) is 11.3. The molecule has 0 N–H and O–H groups in total. The molecule has 1 saturated heterocycles. The number of pyridine rings is 1.